The van der Waals surface area contributed by atoms with Gasteiger partial charge in [-0.2, -0.15) is 0 Å². The van der Waals surface area contributed by atoms with Crippen molar-refractivity contribution < 1.29 is 33.4 Å². The highest BCUT2D eigenvalue weighted by Gasteiger charge is 2.45. The van der Waals surface area contributed by atoms with E-state index in [2.05, 4.69) is 6.92 Å². The third-order valence-corrected chi connectivity index (χ3v) is 4.83. The maximum absolute atomic E-state index is 11.5. The minimum Gasteiger partial charge on any atom is -0.462 e. The maximum atomic E-state index is 11.5. The number of hydrogen-bond acceptors (Lipinski definition) is 7. The van der Waals surface area contributed by atoms with Gasteiger partial charge in [-0.25, -0.2) is 0 Å². The van der Waals surface area contributed by atoms with E-state index in [9.17, 15) is 19.2 Å². The summed E-state index contributed by atoms with van der Waals surface area (Å²) in [6, 6.07) is 0. The molecule has 1 aliphatic carbocycles. The first-order valence-electron chi connectivity index (χ1n) is 9.92. The van der Waals surface area contributed by atoms with E-state index in [-0.39, 0.29) is 30.3 Å². The molecule has 5 atom stereocenters. The largest absolute Gasteiger partial charge is 0.462 e. The van der Waals surface area contributed by atoms with E-state index in [1.807, 2.05) is 6.08 Å². The molecule has 0 N–H and O–H groups in total. The molecule has 0 radical (unpaired) electrons. The summed E-state index contributed by atoms with van der Waals surface area (Å²) < 4.78 is 16.2. The smallest absolute Gasteiger partial charge is 0.303 e. The third kappa shape index (κ3) is 8.23. The van der Waals surface area contributed by atoms with Gasteiger partial charge in [0.1, 0.15) is 24.6 Å². The minimum atomic E-state index is -0.506. The van der Waals surface area contributed by atoms with Gasteiger partial charge < -0.3 is 19.0 Å². The molecule has 0 amide bonds. The summed E-state index contributed by atoms with van der Waals surface area (Å²) in [4.78, 5) is 45.5. The van der Waals surface area contributed by atoms with Crippen LogP contribution in [0.5, 0.6) is 0 Å². The van der Waals surface area contributed by atoms with Crippen LogP contribution < -0.4 is 0 Å². The summed E-state index contributed by atoms with van der Waals surface area (Å²) in [5, 5.41) is 0. The first-order chi connectivity index (χ1) is 13.3. The summed E-state index contributed by atoms with van der Waals surface area (Å²) in [6.45, 7) is 6.09. The third-order valence-electron chi connectivity index (χ3n) is 4.83. The lowest BCUT2D eigenvalue weighted by atomic mass is 9.90. The van der Waals surface area contributed by atoms with Gasteiger partial charge in [-0.1, -0.05) is 25.8 Å². The van der Waals surface area contributed by atoms with Crippen LogP contribution >= 0.6 is 0 Å². The van der Waals surface area contributed by atoms with Crippen molar-refractivity contribution in [3.8, 4) is 0 Å². The summed E-state index contributed by atoms with van der Waals surface area (Å²) in [5.74, 6) is -1.84. The lowest BCUT2D eigenvalue weighted by Gasteiger charge is -2.22. The van der Waals surface area contributed by atoms with Crippen LogP contribution in [-0.2, 0) is 33.4 Å². The highest BCUT2D eigenvalue weighted by molar-refractivity contribution is 5.67. The topological polar surface area (TPSA) is 96.0 Å². The van der Waals surface area contributed by atoms with Crippen LogP contribution in [0, 0.1) is 11.8 Å². The Bertz CT molecular complexity index is 569. The van der Waals surface area contributed by atoms with Crippen molar-refractivity contribution in [2.75, 3.05) is 0 Å². The number of hydrogen-bond donors (Lipinski definition) is 0. The van der Waals surface area contributed by atoms with Gasteiger partial charge in [0.25, 0.3) is 0 Å². The Morgan fingerprint density at radius 2 is 1.64 bits per heavy atom. The van der Waals surface area contributed by atoms with Crippen LogP contribution in [0.2, 0.25) is 0 Å². The van der Waals surface area contributed by atoms with Gasteiger partial charge in [-0.3, -0.25) is 14.4 Å². The van der Waals surface area contributed by atoms with Crippen molar-refractivity contribution >= 4 is 24.2 Å². The zero-order valence-corrected chi connectivity index (χ0v) is 17.2. The molecule has 7 heteroatoms. The molecule has 0 saturated heterocycles. The van der Waals surface area contributed by atoms with Crippen molar-refractivity contribution in [3.05, 3.63) is 12.2 Å². The van der Waals surface area contributed by atoms with Gasteiger partial charge in [-0.05, 0) is 18.9 Å². The molecule has 0 aromatic heterocycles. The van der Waals surface area contributed by atoms with Crippen molar-refractivity contribution in [1.82, 2.24) is 0 Å². The number of ether oxygens (including phenoxy) is 3. The second-order valence-corrected chi connectivity index (χ2v) is 7.20. The van der Waals surface area contributed by atoms with Gasteiger partial charge in [0.15, 0.2) is 0 Å². The summed E-state index contributed by atoms with van der Waals surface area (Å²) in [6.07, 6.45) is 7.24. The van der Waals surface area contributed by atoms with Crippen LogP contribution in [0.1, 0.15) is 66.2 Å². The number of carbonyl (C=O) groups excluding carboxylic acids is 4. The Morgan fingerprint density at radius 3 is 2.18 bits per heavy atom. The van der Waals surface area contributed by atoms with E-state index in [0.717, 1.165) is 25.5 Å². The number of unbranched alkanes of at least 4 members (excludes halogenated alkanes) is 2. The normalized spacial score (nSPS) is 25.3. The van der Waals surface area contributed by atoms with Crippen molar-refractivity contribution in [3.63, 3.8) is 0 Å². The first kappa shape index (κ1) is 23.9. The quantitative estimate of drug-likeness (QED) is 0.174. The van der Waals surface area contributed by atoms with E-state index >= 15 is 0 Å². The van der Waals surface area contributed by atoms with E-state index in [4.69, 9.17) is 14.2 Å². The molecule has 0 spiro atoms. The van der Waals surface area contributed by atoms with Crippen LogP contribution in [0.25, 0.3) is 0 Å². The van der Waals surface area contributed by atoms with Crippen molar-refractivity contribution in [1.29, 1.82) is 0 Å². The molecule has 158 valence electrons. The molecular weight excluding hydrogens is 364 g/mol. The van der Waals surface area contributed by atoms with Crippen LogP contribution in [-0.4, -0.2) is 42.5 Å². The lowest BCUT2D eigenvalue weighted by Crippen LogP contribution is -2.26. The monoisotopic (exact) mass is 396 g/mol. The van der Waals surface area contributed by atoms with Crippen molar-refractivity contribution in [2.24, 2.45) is 11.8 Å². The molecule has 1 fully saturated rings. The average molecular weight is 396 g/mol. The Balaban J connectivity index is 3.02. The second kappa shape index (κ2) is 12.3. The van der Waals surface area contributed by atoms with Gasteiger partial charge >= 0.3 is 17.9 Å². The number of rotatable bonds is 11. The Morgan fingerprint density at radius 1 is 1.00 bits per heavy atom. The van der Waals surface area contributed by atoms with Crippen LogP contribution in [0.3, 0.4) is 0 Å². The predicted molar refractivity (Wildman–Crippen MR) is 102 cm³/mol. The lowest BCUT2D eigenvalue weighted by molar-refractivity contribution is -0.149. The van der Waals surface area contributed by atoms with E-state index in [1.165, 1.54) is 20.8 Å². The molecular formula is C21H32O7. The fourth-order valence-electron chi connectivity index (χ4n) is 3.72. The van der Waals surface area contributed by atoms with Crippen molar-refractivity contribution in [2.45, 2.75) is 84.5 Å². The van der Waals surface area contributed by atoms with Crippen LogP contribution in [0.4, 0.5) is 0 Å². The average Bonchev–Trinajstić information content (AvgIpc) is 2.87. The zero-order chi connectivity index (χ0) is 21.1. The Kier molecular flexibility index (Phi) is 10.5. The van der Waals surface area contributed by atoms with E-state index in [0.29, 0.717) is 12.8 Å². The molecule has 0 unspecified atom stereocenters. The molecule has 1 rings (SSSR count). The van der Waals surface area contributed by atoms with Gasteiger partial charge in [0.2, 0.25) is 0 Å². The number of carbonyl (C=O) groups is 4. The molecule has 28 heavy (non-hydrogen) atoms. The molecule has 0 bridgehead atoms. The molecule has 0 heterocycles. The summed E-state index contributed by atoms with van der Waals surface area (Å²) in [5.41, 5.74) is 0. The maximum Gasteiger partial charge on any atom is 0.303 e. The molecule has 1 saturated carbocycles. The standard InChI is InChI=1S/C21H32O7/c1-5-6-7-8-17(26-14(2)23)9-10-18-19(11-12-22)21(28-16(4)25)13-20(18)27-15(3)24/h9-10,12,17-21H,5-8,11,13H2,1-4H3/b10-9+/t17-,18+,19+,20+,21-/m0/s1. The highest BCUT2D eigenvalue weighted by atomic mass is 16.6. The van der Waals surface area contributed by atoms with E-state index < -0.39 is 24.1 Å². The van der Waals surface area contributed by atoms with Gasteiger partial charge in [0.05, 0.1) is 0 Å². The summed E-state index contributed by atoms with van der Waals surface area (Å²) >= 11 is 0. The number of aldehydes is 1. The Hall–Kier alpha value is -2.18. The summed E-state index contributed by atoms with van der Waals surface area (Å²) in [7, 11) is 0. The zero-order valence-electron chi connectivity index (χ0n) is 17.2. The van der Waals surface area contributed by atoms with Crippen LogP contribution in [0.15, 0.2) is 12.2 Å². The second-order valence-electron chi connectivity index (χ2n) is 7.20. The SMILES string of the molecule is CCCCC[C@@H](/C=C/[C@@H]1[C@@H](CC=O)[C@@H](OC(C)=O)C[C@H]1OC(C)=O)OC(C)=O. The highest BCUT2D eigenvalue weighted by Crippen LogP contribution is 2.39. The fraction of sp³-hybridized carbons (Fsp3) is 0.714. The molecule has 0 aromatic carbocycles. The first-order valence-corrected chi connectivity index (χ1v) is 9.92. The Labute approximate surface area is 166 Å². The van der Waals surface area contributed by atoms with Gasteiger partial charge in [0, 0.05) is 45.4 Å². The number of esters is 3. The van der Waals surface area contributed by atoms with E-state index in [1.54, 1.807) is 6.08 Å². The molecule has 1 aliphatic rings. The predicted octanol–water partition coefficient (Wildman–Crippen LogP) is 3.14. The minimum absolute atomic E-state index is 0.179. The van der Waals surface area contributed by atoms with Gasteiger partial charge in [-0.15, -0.1) is 0 Å². The molecule has 0 aromatic rings. The molecule has 0 aliphatic heterocycles. The molecule has 7 nitrogen and oxygen atoms in total. The fourth-order valence-corrected chi connectivity index (χ4v) is 3.72.